The molecule has 1 aromatic rings. The Kier molecular flexibility index (Phi) is 5.09. The standard InChI is InChI=1S/C13H21N3O3/c1-5-16(7-6-11(17)18)13(19)10-8-15(4)14-12(10)9(2)3/h8-9H,5-7H2,1-4H3,(H,17,18). The van der Waals surface area contributed by atoms with Crippen molar-refractivity contribution in [2.24, 2.45) is 7.05 Å². The number of aryl methyl sites for hydroxylation is 1. The SMILES string of the molecule is CCN(CCC(=O)O)C(=O)c1cn(C)nc1C(C)C. The van der Waals surface area contributed by atoms with Crippen LogP contribution in [0.25, 0.3) is 0 Å². The van der Waals surface area contributed by atoms with Crippen molar-refractivity contribution in [2.75, 3.05) is 13.1 Å². The second kappa shape index (κ2) is 6.36. The molecule has 0 atom stereocenters. The monoisotopic (exact) mass is 267 g/mol. The van der Waals surface area contributed by atoms with E-state index >= 15 is 0 Å². The minimum atomic E-state index is -0.901. The van der Waals surface area contributed by atoms with Crippen molar-refractivity contribution in [1.29, 1.82) is 0 Å². The van der Waals surface area contributed by atoms with Crippen molar-refractivity contribution in [3.63, 3.8) is 0 Å². The summed E-state index contributed by atoms with van der Waals surface area (Å²) in [4.78, 5) is 24.5. The summed E-state index contributed by atoms with van der Waals surface area (Å²) in [5.74, 6) is -0.902. The average molecular weight is 267 g/mol. The molecule has 0 spiro atoms. The molecule has 0 unspecified atom stereocenters. The van der Waals surface area contributed by atoms with Gasteiger partial charge in [-0.1, -0.05) is 13.8 Å². The lowest BCUT2D eigenvalue weighted by Gasteiger charge is -2.20. The Morgan fingerprint density at radius 3 is 2.58 bits per heavy atom. The first-order valence-electron chi connectivity index (χ1n) is 6.41. The lowest BCUT2D eigenvalue weighted by Crippen LogP contribution is -2.33. The first kappa shape index (κ1) is 15.2. The minimum absolute atomic E-state index is 0.0448. The Bertz CT molecular complexity index is 466. The van der Waals surface area contributed by atoms with Crippen LogP contribution >= 0.6 is 0 Å². The van der Waals surface area contributed by atoms with E-state index in [9.17, 15) is 9.59 Å². The summed E-state index contributed by atoms with van der Waals surface area (Å²) in [6.07, 6.45) is 1.65. The smallest absolute Gasteiger partial charge is 0.305 e. The summed E-state index contributed by atoms with van der Waals surface area (Å²) in [5.41, 5.74) is 1.31. The van der Waals surface area contributed by atoms with Crippen LogP contribution in [0.2, 0.25) is 0 Å². The van der Waals surface area contributed by atoms with Crippen LogP contribution in [0.1, 0.15) is 49.2 Å². The summed E-state index contributed by atoms with van der Waals surface area (Å²) in [5, 5.41) is 13.0. The Morgan fingerprint density at radius 2 is 2.11 bits per heavy atom. The molecule has 6 nitrogen and oxygen atoms in total. The van der Waals surface area contributed by atoms with Crippen molar-refractivity contribution in [1.82, 2.24) is 14.7 Å². The van der Waals surface area contributed by atoms with Crippen LogP contribution in [0, 0.1) is 0 Å². The Balaban J connectivity index is 2.93. The van der Waals surface area contributed by atoms with Gasteiger partial charge in [0.2, 0.25) is 0 Å². The highest BCUT2D eigenvalue weighted by atomic mass is 16.4. The van der Waals surface area contributed by atoms with Gasteiger partial charge in [0.15, 0.2) is 0 Å². The molecule has 0 fully saturated rings. The fourth-order valence-corrected chi connectivity index (χ4v) is 1.90. The molecular formula is C13H21N3O3. The number of amides is 1. The van der Waals surface area contributed by atoms with Gasteiger partial charge in [-0.15, -0.1) is 0 Å². The largest absolute Gasteiger partial charge is 0.481 e. The zero-order valence-electron chi connectivity index (χ0n) is 11.9. The lowest BCUT2D eigenvalue weighted by molar-refractivity contribution is -0.137. The van der Waals surface area contributed by atoms with Crippen LogP contribution in [0.5, 0.6) is 0 Å². The zero-order chi connectivity index (χ0) is 14.6. The fourth-order valence-electron chi connectivity index (χ4n) is 1.90. The minimum Gasteiger partial charge on any atom is -0.481 e. The van der Waals surface area contributed by atoms with Gasteiger partial charge in [0.25, 0.3) is 5.91 Å². The molecule has 1 rings (SSSR count). The number of carbonyl (C=O) groups is 2. The van der Waals surface area contributed by atoms with E-state index in [-0.39, 0.29) is 24.8 Å². The first-order chi connectivity index (χ1) is 8.86. The molecule has 1 amide bonds. The highest BCUT2D eigenvalue weighted by Gasteiger charge is 2.22. The number of carbonyl (C=O) groups excluding carboxylic acids is 1. The molecule has 19 heavy (non-hydrogen) atoms. The van der Waals surface area contributed by atoms with Crippen molar-refractivity contribution in [3.8, 4) is 0 Å². The van der Waals surface area contributed by atoms with Crippen LogP contribution in [0.15, 0.2) is 6.20 Å². The molecule has 0 aromatic carbocycles. The molecule has 106 valence electrons. The van der Waals surface area contributed by atoms with Crippen LogP contribution in [0.4, 0.5) is 0 Å². The van der Waals surface area contributed by atoms with E-state index in [0.29, 0.717) is 12.1 Å². The molecule has 0 bridgehead atoms. The van der Waals surface area contributed by atoms with Gasteiger partial charge in [0, 0.05) is 26.3 Å². The van der Waals surface area contributed by atoms with Gasteiger partial charge in [-0.2, -0.15) is 5.10 Å². The topological polar surface area (TPSA) is 75.4 Å². The van der Waals surface area contributed by atoms with Gasteiger partial charge < -0.3 is 10.0 Å². The average Bonchev–Trinajstić information content (AvgIpc) is 2.71. The van der Waals surface area contributed by atoms with Crippen molar-refractivity contribution >= 4 is 11.9 Å². The summed E-state index contributed by atoms with van der Waals surface area (Å²) in [6.45, 7) is 6.50. The van der Waals surface area contributed by atoms with E-state index in [2.05, 4.69) is 5.10 Å². The second-order valence-corrected chi connectivity index (χ2v) is 4.78. The number of rotatable bonds is 6. The second-order valence-electron chi connectivity index (χ2n) is 4.78. The van der Waals surface area contributed by atoms with E-state index < -0.39 is 5.97 Å². The Morgan fingerprint density at radius 1 is 1.47 bits per heavy atom. The molecule has 1 heterocycles. The quantitative estimate of drug-likeness (QED) is 0.847. The van der Waals surface area contributed by atoms with Gasteiger partial charge in [-0.05, 0) is 12.8 Å². The predicted molar refractivity (Wildman–Crippen MR) is 71.1 cm³/mol. The highest BCUT2D eigenvalue weighted by Crippen LogP contribution is 2.19. The first-order valence-corrected chi connectivity index (χ1v) is 6.41. The predicted octanol–water partition coefficient (Wildman–Crippen LogP) is 1.48. The molecule has 0 aliphatic heterocycles. The van der Waals surface area contributed by atoms with Crippen molar-refractivity contribution < 1.29 is 14.7 Å². The van der Waals surface area contributed by atoms with Gasteiger partial charge >= 0.3 is 5.97 Å². The molecule has 0 aliphatic rings. The molecule has 1 aromatic heterocycles. The van der Waals surface area contributed by atoms with E-state index in [1.54, 1.807) is 17.9 Å². The lowest BCUT2D eigenvalue weighted by atomic mass is 10.1. The van der Waals surface area contributed by atoms with E-state index in [1.807, 2.05) is 20.8 Å². The fraction of sp³-hybridized carbons (Fsp3) is 0.615. The maximum Gasteiger partial charge on any atom is 0.305 e. The number of carboxylic acids is 1. The van der Waals surface area contributed by atoms with Crippen LogP contribution < -0.4 is 0 Å². The number of aliphatic carboxylic acids is 1. The Labute approximate surface area is 113 Å². The van der Waals surface area contributed by atoms with E-state index in [0.717, 1.165) is 5.69 Å². The molecule has 0 saturated heterocycles. The van der Waals surface area contributed by atoms with Crippen LogP contribution in [-0.4, -0.2) is 44.8 Å². The number of hydrogen-bond donors (Lipinski definition) is 1. The molecule has 0 radical (unpaired) electrons. The summed E-state index contributed by atoms with van der Waals surface area (Å²) in [6, 6.07) is 0. The maximum atomic E-state index is 12.4. The van der Waals surface area contributed by atoms with Gasteiger partial charge in [-0.3, -0.25) is 14.3 Å². The summed E-state index contributed by atoms with van der Waals surface area (Å²) < 4.78 is 1.62. The van der Waals surface area contributed by atoms with Gasteiger partial charge in [0.1, 0.15) is 0 Å². The number of aromatic nitrogens is 2. The number of hydrogen-bond acceptors (Lipinski definition) is 3. The molecule has 6 heteroatoms. The third-order valence-corrected chi connectivity index (χ3v) is 2.90. The third-order valence-electron chi connectivity index (χ3n) is 2.90. The van der Waals surface area contributed by atoms with E-state index in [1.165, 1.54) is 4.90 Å². The molecule has 0 saturated carbocycles. The number of carboxylic acid groups (broad SMARTS) is 1. The van der Waals surface area contributed by atoms with Crippen LogP contribution in [-0.2, 0) is 11.8 Å². The molecular weight excluding hydrogens is 246 g/mol. The number of nitrogens with zero attached hydrogens (tertiary/aromatic N) is 3. The van der Waals surface area contributed by atoms with Gasteiger partial charge in [-0.25, -0.2) is 0 Å². The third kappa shape index (κ3) is 3.81. The summed E-state index contributed by atoms with van der Waals surface area (Å²) >= 11 is 0. The van der Waals surface area contributed by atoms with Gasteiger partial charge in [0.05, 0.1) is 17.7 Å². The Hall–Kier alpha value is -1.85. The molecule has 1 N–H and O–H groups in total. The maximum absolute atomic E-state index is 12.4. The van der Waals surface area contributed by atoms with Crippen molar-refractivity contribution in [3.05, 3.63) is 17.5 Å². The zero-order valence-corrected chi connectivity index (χ0v) is 11.9. The van der Waals surface area contributed by atoms with E-state index in [4.69, 9.17) is 5.11 Å². The molecule has 0 aliphatic carbocycles. The van der Waals surface area contributed by atoms with Crippen LogP contribution in [0.3, 0.4) is 0 Å². The van der Waals surface area contributed by atoms with Crippen molar-refractivity contribution in [2.45, 2.75) is 33.1 Å². The highest BCUT2D eigenvalue weighted by molar-refractivity contribution is 5.95. The normalized spacial score (nSPS) is 10.8. The summed E-state index contributed by atoms with van der Waals surface area (Å²) in [7, 11) is 1.77.